The predicted molar refractivity (Wildman–Crippen MR) is 276 cm³/mol. The summed E-state index contributed by atoms with van der Waals surface area (Å²) in [6.45, 7) is 9.59. The molecule has 2 aliphatic rings. The van der Waals surface area contributed by atoms with Crippen LogP contribution in [0, 0.1) is 27.7 Å². The molecule has 9 aromatic rings. The van der Waals surface area contributed by atoms with Crippen LogP contribution in [0.1, 0.15) is 32.0 Å². The van der Waals surface area contributed by atoms with Crippen LogP contribution in [0.5, 0.6) is 0 Å². The van der Waals surface area contributed by atoms with Gasteiger partial charge in [-0.05, 0) is 0 Å². The van der Waals surface area contributed by atoms with Crippen LogP contribution in [0.4, 0.5) is 34.1 Å². The van der Waals surface area contributed by atoms with Gasteiger partial charge in [0, 0.05) is 0 Å². The third kappa shape index (κ3) is 6.97. The van der Waals surface area contributed by atoms with E-state index in [2.05, 4.69) is 207 Å². The zero-order valence-corrected chi connectivity index (χ0v) is 39.4. The molecule has 1 fully saturated rings. The molecule has 0 bridgehead atoms. The molecule has 65 heavy (non-hydrogen) atoms. The van der Waals surface area contributed by atoms with Gasteiger partial charge in [-0.1, -0.05) is 0 Å². The van der Waals surface area contributed by atoms with Crippen molar-refractivity contribution in [2.24, 2.45) is 0 Å². The van der Waals surface area contributed by atoms with Crippen molar-refractivity contribution in [1.82, 2.24) is 0 Å². The number of rotatable bonds is 9. The van der Waals surface area contributed by atoms with Gasteiger partial charge in [0.25, 0.3) is 0 Å². The average Bonchev–Trinajstić information content (AvgIpc) is 4.13. The molecular formula is C57H49N2O3PS2. The van der Waals surface area contributed by atoms with Gasteiger partial charge in [-0.15, -0.1) is 0 Å². The Bertz CT molecular complexity index is 2910. The molecule has 1 saturated heterocycles. The summed E-state index contributed by atoms with van der Waals surface area (Å²) < 4.78 is 13.6. The molecule has 0 aliphatic carbocycles. The maximum atomic E-state index is 13.7. The minimum atomic E-state index is -3.59. The van der Waals surface area contributed by atoms with Crippen LogP contribution in [0.15, 0.2) is 188 Å². The number of fused-ring (bicyclic) bond motifs is 4. The third-order valence-corrected chi connectivity index (χ3v) is 19.4. The molecule has 0 unspecified atom stereocenters. The van der Waals surface area contributed by atoms with Gasteiger partial charge < -0.3 is 0 Å². The first-order valence-corrected chi connectivity index (χ1v) is 25.7. The summed E-state index contributed by atoms with van der Waals surface area (Å²) in [6.07, 6.45) is 0. The Balaban J connectivity index is 1.01. The third-order valence-electron chi connectivity index (χ3n) is 13.0. The number of nitrogens with zero attached hydrogens (tertiary/aromatic N) is 2. The Morgan fingerprint density at radius 1 is 0.446 bits per heavy atom. The Labute approximate surface area is 389 Å². The SMILES string of the molecule is Cc1ccccc1N(c1ccc(-c2cc3c(s2)C2(OCCO2)c2sc(-c4ccc(N(c5ccccc5C)c5ccccc5C)cc4)cc2[PH]3(O)c2ccccc2)cc1)c1ccccc1C. The zero-order valence-electron chi connectivity index (χ0n) is 36.8. The number of para-hydroxylation sites is 4. The summed E-state index contributed by atoms with van der Waals surface area (Å²) in [5.74, 6) is -1.11. The van der Waals surface area contributed by atoms with Crippen molar-refractivity contribution in [1.29, 1.82) is 0 Å². The van der Waals surface area contributed by atoms with E-state index in [9.17, 15) is 4.89 Å². The number of hydrogen-bond donors (Lipinski definition) is 1. The van der Waals surface area contributed by atoms with Crippen molar-refractivity contribution < 1.29 is 14.4 Å². The van der Waals surface area contributed by atoms with E-state index < -0.39 is 13.3 Å². The molecule has 7 aromatic carbocycles. The number of thiophene rings is 2. The fraction of sp³-hybridized carbons (Fsp3) is 0.123. The number of hydrogen-bond acceptors (Lipinski definition) is 7. The van der Waals surface area contributed by atoms with Gasteiger partial charge in [0.05, 0.1) is 0 Å². The quantitative estimate of drug-likeness (QED) is 0.146. The second kappa shape index (κ2) is 16.7. The van der Waals surface area contributed by atoms with Crippen LogP contribution >= 0.6 is 30.2 Å². The topological polar surface area (TPSA) is 45.2 Å². The van der Waals surface area contributed by atoms with Crippen molar-refractivity contribution in [2.75, 3.05) is 23.0 Å². The van der Waals surface area contributed by atoms with Gasteiger partial charge in [0.2, 0.25) is 0 Å². The molecule has 1 spiro atoms. The molecule has 0 radical (unpaired) electrons. The van der Waals surface area contributed by atoms with E-state index in [0.717, 1.165) is 80.7 Å². The molecule has 0 amide bonds. The Hall–Kier alpha value is -6.15. The molecule has 0 saturated carbocycles. The average molecular weight is 905 g/mol. The van der Waals surface area contributed by atoms with Crippen LogP contribution in [0.3, 0.4) is 0 Å². The minimum absolute atomic E-state index is 0.468. The Kier molecular flexibility index (Phi) is 10.7. The van der Waals surface area contributed by atoms with E-state index in [1.54, 1.807) is 22.7 Å². The van der Waals surface area contributed by atoms with Gasteiger partial charge in [0.1, 0.15) is 0 Å². The predicted octanol–water partition coefficient (Wildman–Crippen LogP) is 13.8. The Morgan fingerprint density at radius 2 is 0.785 bits per heavy atom. The van der Waals surface area contributed by atoms with E-state index in [0.29, 0.717) is 13.2 Å². The van der Waals surface area contributed by atoms with Crippen molar-refractivity contribution in [3.8, 4) is 20.9 Å². The van der Waals surface area contributed by atoms with Crippen LogP contribution in [-0.2, 0) is 15.3 Å². The van der Waals surface area contributed by atoms with Crippen LogP contribution in [0.2, 0.25) is 0 Å². The first-order chi connectivity index (χ1) is 31.7. The molecular weight excluding hydrogens is 856 g/mol. The number of anilines is 6. The Morgan fingerprint density at radius 3 is 1.14 bits per heavy atom. The fourth-order valence-corrected chi connectivity index (χ4v) is 16.7. The van der Waals surface area contributed by atoms with Crippen LogP contribution in [-0.4, -0.2) is 18.1 Å². The molecule has 2 aromatic heterocycles. The summed E-state index contributed by atoms with van der Waals surface area (Å²) >= 11 is 3.36. The van der Waals surface area contributed by atoms with Crippen LogP contribution < -0.4 is 25.7 Å². The van der Waals surface area contributed by atoms with Gasteiger partial charge in [0.15, 0.2) is 0 Å². The van der Waals surface area contributed by atoms with Crippen molar-refractivity contribution in [3.05, 3.63) is 220 Å². The summed E-state index contributed by atoms with van der Waals surface area (Å²) in [5, 5.41) is 2.79. The molecule has 8 heteroatoms. The molecule has 322 valence electrons. The first kappa shape index (κ1) is 41.5. The summed E-state index contributed by atoms with van der Waals surface area (Å²) in [5.41, 5.74) is 13.7. The van der Waals surface area contributed by atoms with Crippen molar-refractivity contribution >= 4 is 80.2 Å². The van der Waals surface area contributed by atoms with E-state index in [1.807, 2.05) is 18.2 Å². The normalized spacial score (nSPS) is 15.0. The van der Waals surface area contributed by atoms with E-state index in [1.165, 1.54) is 22.3 Å². The zero-order chi connectivity index (χ0) is 44.3. The monoisotopic (exact) mass is 904 g/mol. The summed E-state index contributed by atoms with van der Waals surface area (Å²) in [6, 6.07) is 66.5. The number of ether oxygens (including phenoxy) is 2. The fourth-order valence-electron chi connectivity index (χ4n) is 9.63. The number of aryl methyl sites for hydroxylation is 4. The second-order valence-corrected chi connectivity index (χ2v) is 22.2. The van der Waals surface area contributed by atoms with E-state index >= 15 is 0 Å². The van der Waals surface area contributed by atoms with Gasteiger partial charge in [-0.2, -0.15) is 0 Å². The van der Waals surface area contributed by atoms with E-state index in [-0.39, 0.29) is 0 Å². The van der Waals surface area contributed by atoms with E-state index in [4.69, 9.17) is 9.47 Å². The second-order valence-electron chi connectivity index (χ2n) is 17.0. The molecule has 4 heterocycles. The van der Waals surface area contributed by atoms with Gasteiger partial charge >= 0.3 is 392 Å². The first-order valence-electron chi connectivity index (χ1n) is 22.1. The number of benzene rings is 7. The molecule has 1 N–H and O–H groups in total. The molecule has 11 rings (SSSR count). The standard InChI is InChI=1S/C57H49N2O3PS2/c1-38-16-8-12-22-47(38)58(48-23-13-9-17-39(48)2)44-30-26-42(27-31-44)53-36-51-55(64-53)57(61-34-35-62-57)56-52(63(51,60)46-20-6-5-7-21-46)37-54(65-56)43-28-32-45(33-29-43)59(49-24-14-10-18-40(49)3)50-25-15-11-19-41(50)4/h5-33,36-37,60,63H,34-35H2,1-4H3. The summed E-state index contributed by atoms with van der Waals surface area (Å²) in [4.78, 5) is 22.4. The van der Waals surface area contributed by atoms with Gasteiger partial charge in [-0.3, -0.25) is 0 Å². The van der Waals surface area contributed by atoms with Gasteiger partial charge in [-0.25, -0.2) is 0 Å². The summed E-state index contributed by atoms with van der Waals surface area (Å²) in [7, 11) is -3.59. The van der Waals surface area contributed by atoms with Crippen LogP contribution in [0.25, 0.3) is 20.9 Å². The molecule has 0 atom stereocenters. The molecule has 5 nitrogen and oxygen atoms in total. The van der Waals surface area contributed by atoms with Crippen molar-refractivity contribution in [3.63, 3.8) is 0 Å². The molecule has 2 aliphatic heterocycles. The van der Waals surface area contributed by atoms with Crippen molar-refractivity contribution in [2.45, 2.75) is 33.5 Å². The maximum absolute atomic E-state index is 13.7.